The van der Waals surface area contributed by atoms with E-state index in [4.69, 9.17) is 4.74 Å². The minimum absolute atomic E-state index is 0.0303. The van der Waals surface area contributed by atoms with Gasteiger partial charge in [0.05, 0.1) is 25.3 Å². The number of nitrogens with one attached hydrogen (secondary N) is 1. The molecule has 106 valence electrons. The molecule has 0 aliphatic heterocycles. The van der Waals surface area contributed by atoms with Crippen molar-refractivity contribution in [1.82, 2.24) is 15.1 Å². The summed E-state index contributed by atoms with van der Waals surface area (Å²) in [6.07, 6.45) is 3.98. The summed E-state index contributed by atoms with van der Waals surface area (Å²) in [5, 5.41) is 7.01. The summed E-state index contributed by atoms with van der Waals surface area (Å²) in [6, 6.07) is 9.43. The average Bonchev–Trinajstić information content (AvgIpc) is 2.87. The van der Waals surface area contributed by atoms with Crippen LogP contribution in [0.15, 0.2) is 42.7 Å². The van der Waals surface area contributed by atoms with E-state index in [9.17, 15) is 4.79 Å². The lowest BCUT2D eigenvalue weighted by Gasteiger charge is -2.12. The van der Waals surface area contributed by atoms with Gasteiger partial charge >= 0.3 is 0 Å². The number of hydrogen-bond donors (Lipinski definition) is 1. The number of amides is 1. The van der Waals surface area contributed by atoms with E-state index < -0.39 is 0 Å². The Hall–Kier alpha value is -2.30. The molecule has 0 aliphatic carbocycles. The third-order valence-electron chi connectivity index (χ3n) is 2.94. The summed E-state index contributed by atoms with van der Waals surface area (Å²) in [4.78, 5) is 11.8. The maximum Gasteiger partial charge on any atom is 0.223 e. The smallest absolute Gasteiger partial charge is 0.223 e. The van der Waals surface area contributed by atoms with E-state index in [0.717, 1.165) is 11.3 Å². The fourth-order valence-electron chi connectivity index (χ4n) is 1.84. The molecule has 1 amide bonds. The van der Waals surface area contributed by atoms with Crippen molar-refractivity contribution in [2.45, 2.75) is 19.4 Å². The average molecular weight is 273 g/mol. The fourth-order valence-corrected chi connectivity index (χ4v) is 1.84. The third kappa shape index (κ3) is 4.12. The second-order valence-corrected chi connectivity index (χ2v) is 4.65. The Morgan fingerprint density at radius 2 is 2.15 bits per heavy atom. The van der Waals surface area contributed by atoms with Crippen LogP contribution in [0.1, 0.15) is 24.9 Å². The monoisotopic (exact) mass is 273 g/mol. The van der Waals surface area contributed by atoms with Gasteiger partial charge in [0.25, 0.3) is 0 Å². The van der Waals surface area contributed by atoms with Crippen LogP contribution in [-0.4, -0.2) is 22.3 Å². The van der Waals surface area contributed by atoms with Crippen LogP contribution >= 0.6 is 0 Å². The van der Waals surface area contributed by atoms with E-state index in [1.54, 1.807) is 10.9 Å². The molecule has 0 fully saturated rings. The number of aryl methyl sites for hydroxylation is 1. The number of ether oxygens (including phenoxy) is 1. The van der Waals surface area contributed by atoms with E-state index in [2.05, 4.69) is 10.4 Å². The molecule has 5 heteroatoms. The number of carbonyl (C=O) groups is 1. The van der Waals surface area contributed by atoms with Crippen LogP contribution in [0.4, 0.5) is 0 Å². The third-order valence-corrected chi connectivity index (χ3v) is 2.94. The number of aromatic nitrogens is 2. The van der Waals surface area contributed by atoms with Crippen LogP contribution in [0.5, 0.6) is 5.75 Å². The van der Waals surface area contributed by atoms with E-state index in [1.165, 1.54) is 0 Å². The topological polar surface area (TPSA) is 56.1 Å². The standard InChI is InChI=1S/C15H19N3O2/c1-12(13-10-16-18(2)11-13)17-15(19)8-9-20-14-6-4-3-5-7-14/h3-7,10-12H,8-9H2,1-2H3,(H,17,19). The molecule has 2 rings (SSSR count). The summed E-state index contributed by atoms with van der Waals surface area (Å²) in [7, 11) is 1.85. The molecule has 5 nitrogen and oxygen atoms in total. The van der Waals surface area contributed by atoms with Gasteiger partial charge in [0.1, 0.15) is 5.75 Å². The molecule has 0 saturated carbocycles. The van der Waals surface area contributed by atoms with Crippen LogP contribution in [0, 0.1) is 0 Å². The first-order valence-electron chi connectivity index (χ1n) is 6.61. The first-order chi connectivity index (χ1) is 9.65. The highest BCUT2D eigenvalue weighted by molar-refractivity contribution is 5.76. The Kier molecular flexibility index (Phi) is 4.76. The van der Waals surface area contributed by atoms with Crippen LogP contribution in [0.2, 0.25) is 0 Å². The van der Waals surface area contributed by atoms with Crippen LogP contribution < -0.4 is 10.1 Å². The minimum atomic E-state index is -0.0482. The number of carbonyl (C=O) groups excluding carboxylic acids is 1. The Labute approximate surface area is 118 Å². The maximum absolute atomic E-state index is 11.8. The van der Waals surface area contributed by atoms with Crippen molar-refractivity contribution in [1.29, 1.82) is 0 Å². The van der Waals surface area contributed by atoms with Crippen molar-refractivity contribution in [3.8, 4) is 5.75 Å². The van der Waals surface area contributed by atoms with Gasteiger partial charge in [0, 0.05) is 18.8 Å². The maximum atomic E-state index is 11.8. The van der Waals surface area contributed by atoms with Gasteiger partial charge in [-0.1, -0.05) is 18.2 Å². The number of para-hydroxylation sites is 1. The fraction of sp³-hybridized carbons (Fsp3) is 0.333. The molecule has 1 atom stereocenters. The quantitative estimate of drug-likeness (QED) is 0.876. The van der Waals surface area contributed by atoms with Crippen molar-refractivity contribution < 1.29 is 9.53 Å². The zero-order chi connectivity index (χ0) is 14.4. The first kappa shape index (κ1) is 14.1. The molecule has 1 aromatic carbocycles. The molecule has 0 saturated heterocycles. The number of benzene rings is 1. The van der Waals surface area contributed by atoms with Crippen molar-refractivity contribution in [2.24, 2.45) is 7.05 Å². The van der Waals surface area contributed by atoms with Gasteiger partial charge < -0.3 is 10.1 Å². The zero-order valence-corrected chi connectivity index (χ0v) is 11.7. The molecule has 1 unspecified atom stereocenters. The summed E-state index contributed by atoms with van der Waals surface area (Å²) in [6.45, 7) is 2.31. The van der Waals surface area contributed by atoms with E-state index in [0.29, 0.717) is 13.0 Å². The predicted molar refractivity (Wildman–Crippen MR) is 76.3 cm³/mol. The highest BCUT2D eigenvalue weighted by atomic mass is 16.5. The summed E-state index contributed by atoms with van der Waals surface area (Å²) in [5.41, 5.74) is 0.991. The lowest BCUT2D eigenvalue weighted by atomic mass is 10.2. The summed E-state index contributed by atoms with van der Waals surface area (Å²) in [5.74, 6) is 0.748. The summed E-state index contributed by atoms with van der Waals surface area (Å²) < 4.78 is 7.21. The Morgan fingerprint density at radius 1 is 1.40 bits per heavy atom. The normalized spacial score (nSPS) is 11.9. The van der Waals surface area contributed by atoms with Crippen molar-refractivity contribution >= 4 is 5.91 Å². The molecule has 0 bridgehead atoms. The van der Waals surface area contributed by atoms with E-state index in [1.807, 2.05) is 50.5 Å². The Balaban J connectivity index is 1.73. The van der Waals surface area contributed by atoms with Gasteiger partial charge in [-0.2, -0.15) is 5.10 Å². The molecule has 2 aromatic rings. The molecule has 0 aliphatic rings. The SMILES string of the molecule is CC(NC(=O)CCOc1ccccc1)c1cnn(C)c1. The van der Waals surface area contributed by atoms with Crippen LogP contribution in [0.3, 0.4) is 0 Å². The molecule has 1 N–H and O–H groups in total. The second kappa shape index (κ2) is 6.75. The van der Waals surface area contributed by atoms with Gasteiger partial charge in [-0.25, -0.2) is 0 Å². The lowest BCUT2D eigenvalue weighted by Crippen LogP contribution is -2.27. The molecule has 0 spiro atoms. The van der Waals surface area contributed by atoms with E-state index in [-0.39, 0.29) is 11.9 Å². The molecule has 1 heterocycles. The lowest BCUT2D eigenvalue weighted by molar-refractivity contribution is -0.122. The van der Waals surface area contributed by atoms with Gasteiger partial charge in [-0.05, 0) is 19.1 Å². The largest absolute Gasteiger partial charge is 0.493 e. The number of rotatable bonds is 6. The second-order valence-electron chi connectivity index (χ2n) is 4.65. The van der Waals surface area contributed by atoms with Crippen molar-refractivity contribution in [2.75, 3.05) is 6.61 Å². The number of hydrogen-bond acceptors (Lipinski definition) is 3. The molecular formula is C15H19N3O2. The van der Waals surface area contributed by atoms with Crippen molar-refractivity contribution in [3.63, 3.8) is 0 Å². The summed E-state index contributed by atoms with van der Waals surface area (Å²) >= 11 is 0. The molecular weight excluding hydrogens is 254 g/mol. The van der Waals surface area contributed by atoms with E-state index >= 15 is 0 Å². The van der Waals surface area contributed by atoms with Crippen LogP contribution in [0.25, 0.3) is 0 Å². The van der Waals surface area contributed by atoms with Gasteiger partial charge in [0.15, 0.2) is 0 Å². The Bertz CT molecular complexity index is 551. The van der Waals surface area contributed by atoms with Gasteiger partial charge in [0.2, 0.25) is 5.91 Å². The highest BCUT2D eigenvalue weighted by Gasteiger charge is 2.10. The van der Waals surface area contributed by atoms with Gasteiger partial charge in [-0.15, -0.1) is 0 Å². The molecule has 1 aromatic heterocycles. The first-order valence-corrected chi connectivity index (χ1v) is 6.61. The van der Waals surface area contributed by atoms with Gasteiger partial charge in [-0.3, -0.25) is 9.48 Å². The molecule has 20 heavy (non-hydrogen) atoms. The Morgan fingerprint density at radius 3 is 2.80 bits per heavy atom. The predicted octanol–water partition coefficient (Wildman–Crippen LogP) is 2.07. The van der Waals surface area contributed by atoms with Crippen molar-refractivity contribution in [3.05, 3.63) is 48.3 Å². The zero-order valence-electron chi connectivity index (χ0n) is 11.7. The van der Waals surface area contributed by atoms with Crippen LogP contribution in [-0.2, 0) is 11.8 Å². The highest BCUT2D eigenvalue weighted by Crippen LogP contribution is 2.11. The number of nitrogens with zero attached hydrogens (tertiary/aromatic N) is 2. The molecule has 0 radical (unpaired) electrons. The minimum Gasteiger partial charge on any atom is -0.493 e.